The van der Waals surface area contributed by atoms with Crippen molar-refractivity contribution >= 4 is 17.5 Å². The van der Waals surface area contributed by atoms with E-state index in [2.05, 4.69) is 15.3 Å². The molecule has 182 valence electrons. The molecule has 1 aliphatic carbocycles. The highest BCUT2D eigenvalue weighted by atomic mass is 16.5. The number of carbonyl (C=O) groups is 2. The Bertz CT molecular complexity index is 1130. The average molecular weight is 475 g/mol. The molecule has 2 aromatic heterocycles. The molecular formula is C27H30N4O4. The molecule has 1 aliphatic rings. The van der Waals surface area contributed by atoms with E-state index < -0.39 is 11.9 Å². The minimum Gasteiger partial charge on any atom is -0.497 e. The molecule has 0 unspecified atom stereocenters. The smallest absolute Gasteiger partial charge is 0.277 e. The highest BCUT2D eigenvalue weighted by molar-refractivity contribution is 6.09. The van der Waals surface area contributed by atoms with E-state index in [0.29, 0.717) is 22.7 Å². The summed E-state index contributed by atoms with van der Waals surface area (Å²) in [6, 6.07) is 12.8. The van der Waals surface area contributed by atoms with Crippen LogP contribution in [0.5, 0.6) is 11.5 Å². The fourth-order valence-electron chi connectivity index (χ4n) is 4.47. The van der Waals surface area contributed by atoms with E-state index in [9.17, 15) is 9.59 Å². The van der Waals surface area contributed by atoms with E-state index in [1.54, 1.807) is 74.2 Å². The van der Waals surface area contributed by atoms with Crippen LogP contribution in [0.15, 0.2) is 67.1 Å². The Balaban J connectivity index is 1.86. The largest absolute Gasteiger partial charge is 0.497 e. The molecule has 1 atom stereocenters. The van der Waals surface area contributed by atoms with Crippen LogP contribution in [-0.2, 0) is 4.79 Å². The quantitative estimate of drug-likeness (QED) is 0.522. The summed E-state index contributed by atoms with van der Waals surface area (Å²) in [7, 11) is 3.09. The molecule has 2 heterocycles. The lowest BCUT2D eigenvalue weighted by atomic mass is 9.94. The van der Waals surface area contributed by atoms with E-state index in [0.717, 1.165) is 25.7 Å². The summed E-state index contributed by atoms with van der Waals surface area (Å²) < 4.78 is 11.1. The number of methoxy groups -OCH3 is 2. The predicted molar refractivity (Wildman–Crippen MR) is 133 cm³/mol. The maximum atomic E-state index is 14.0. The van der Waals surface area contributed by atoms with Gasteiger partial charge in [-0.2, -0.15) is 0 Å². The monoisotopic (exact) mass is 474 g/mol. The van der Waals surface area contributed by atoms with Crippen LogP contribution in [-0.4, -0.2) is 42.0 Å². The topological polar surface area (TPSA) is 93.7 Å². The number of aromatic nitrogens is 2. The number of rotatable bonds is 8. The lowest BCUT2D eigenvalue weighted by molar-refractivity contribution is -0.123. The van der Waals surface area contributed by atoms with Gasteiger partial charge in [-0.3, -0.25) is 24.5 Å². The maximum Gasteiger partial charge on any atom is 0.277 e. The van der Waals surface area contributed by atoms with Gasteiger partial charge in [-0.05, 0) is 55.3 Å². The van der Waals surface area contributed by atoms with Crippen molar-refractivity contribution < 1.29 is 19.1 Å². The molecule has 1 fully saturated rings. The first-order valence-electron chi connectivity index (χ1n) is 11.8. The van der Waals surface area contributed by atoms with Gasteiger partial charge in [-0.1, -0.05) is 25.3 Å². The van der Waals surface area contributed by atoms with Crippen molar-refractivity contribution in [2.24, 2.45) is 0 Å². The summed E-state index contributed by atoms with van der Waals surface area (Å²) >= 11 is 0. The molecule has 3 aromatic rings. The molecule has 1 aromatic carbocycles. The van der Waals surface area contributed by atoms with Crippen molar-refractivity contribution in [2.45, 2.75) is 44.2 Å². The SMILES string of the molecule is COc1ccc(OC)c([C@H](C(=O)NC2CCCCC2)N(C(=O)c2ccccn2)c2cccnc2)c1. The van der Waals surface area contributed by atoms with Crippen LogP contribution in [0.3, 0.4) is 0 Å². The van der Waals surface area contributed by atoms with E-state index in [-0.39, 0.29) is 17.6 Å². The second-order valence-electron chi connectivity index (χ2n) is 8.46. The molecular weight excluding hydrogens is 444 g/mol. The van der Waals surface area contributed by atoms with E-state index in [1.807, 2.05) is 0 Å². The Hall–Kier alpha value is -3.94. The standard InChI is InChI=1S/C27H30N4O4/c1-34-21-13-14-24(35-2)22(17-21)25(26(32)30-19-9-4-3-5-10-19)31(20-11-8-15-28-18-20)27(33)23-12-6-7-16-29-23/h6-8,11-19,25H,3-5,9-10H2,1-2H3,(H,30,32)/t25-/m1/s1. The van der Waals surface area contributed by atoms with Crippen LogP contribution in [0.4, 0.5) is 5.69 Å². The highest BCUT2D eigenvalue weighted by Crippen LogP contribution is 2.36. The van der Waals surface area contributed by atoms with Gasteiger partial charge in [0.2, 0.25) is 5.91 Å². The van der Waals surface area contributed by atoms with Crippen molar-refractivity contribution in [1.29, 1.82) is 0 Å². The van der Waals surface area contributed by atoms with Crippen LogP contribution < -0.4 is 19.7 Å². The summed E-state index contributed by atoms with van der Waals surface area (Å²) in [6.07, 6.45) is 9.86. The zero-order valence-electron chi connectivity index (χ0n) is 20.0. The third-order valence-corrected chi connectivity index (χ3v) is 6.22. The summed E-state index contributed by atoms with van der Waals surface area (Å²) in [4.78, 5) is 37.8. The van der Waals surface area contributed by atoms with Gasteiger partial charge in [-0.25, -0.2) is 0 Å². The zero-order chi connectivity index (χ0) is 24.6. The molecule has 35 heavy (non-hydrogen) atoms. The summed E-state index contributed by atoms with van der Waals surface area (Å²) in [6.45, 7) is 0. The van der Waals surface area contributed by atoms with E-state index >= 15 is 0 Å². The Morgan fingerprint density at radius 2 is 1.83 bits per heavy atom. The normalized spacial score (nSPS) is 14.6. The first kappa shape index (κ1) is 24.2. The van der Waals surface area contributed by atoms with Crippen LogP contribution in [0.1, 0.15) is 54.2 Å². The number of nitrogens with zero attached hydrogens (tertiary/aromatic N) is 3. The molecule has 8 nitrogen and oxygen atoms in total. The number of ether oxygens (including phenoxy) is 2. The molecule has 1 saturated carbocycles. The number of pyridine rings is 2. The summed E-state index contributed by atoms with van der Waals surface area (Å²) in [5.74, 6) is 0.300. The number of hydrogen-bond acceptors (Lipinski definition) is 6. The van der Waals surface area contributed by atoms with Gasteiger partial charge in [0.25, 0.3) is 5.91 Å². The maximum absolute atomic E-state index is 14.0. The first-order chi connectivity index (χ1) is 17.1. The van der Waals surface area contributed by atoms with Gasteiger partial charge in [0.15, 0.2) is 0 Å². The zero-order valence-corrected chi connectivity index (χ0v) is 20.0. The second kappa shape index (κ2) is 11.5. The minimum absolute atomic E-state index is 0.0519. The number of nitrogens with one attached hydrogen (secondary N) is 1. The third kappa shape index (κ3) is 5.59. The van der Waals surface area contributed by atoms with Crippen molar-refractivity contribution in [3.8, 4) is 11.5 Å². The Morgan fingerprint density at radius 3 is 2.49 bits per heavy atom. The van der Waals surface area contributed by atoms with Crippen molar-refractivity contribution in [3.05, 3.63) is 78.4 Å². The third-order valence-electron chi connectivity index (χ3n) is 6.22. The molecule has 0 bridgehead atoms. The van der Waals surface area contributed by atoms with Gasteiger partial charge >= 0.3 is 0 Å². The summed E-state index contributed by atoms with van der Waals surface area (Å²) in [5.41, 5.74) is 1.19. The number of benzene rings is 1. The van der Waals surface area contributed by atoms with Gasteiger partial charge in [-0.15, -0.1) is 0 Å². The average Bonchev–Trinajstić information content (AvgIpc) is 2.92. The van der Waals surface area contributed by atoms with Crippen molar-refractivity contribution in [3.63, 3.8) is 0 Å². The van der Waals surface area contributed by atoms with Gasteiger partial charge in [0.1, 0.15) is 23.2 Å². The molecule has 4 rings (SSSR count). The Labute approximate surface area is 205 Å². The van der Waals surface area contributed by atoms with Crippen LogP contribution in [0.2, 0.25) is 0 Å². The molecule has 0 radical (unpaired) electrons. The van der Waals surface area contributed by atoms with Gasteiger partial charge in [0, 0.05) is 24.0 Å². The molecule has 0 aliphatic heterocycles. The molecule has 2 amide bonds. The molecule has 8 heteroatoms. The second-order valence-corrected chi connectivity index (χ2v) is 8.46. The predicted octanol–water partition coefficient (Wildman–Crippen LogP) is 4.33. The fourth-order valence-corrected chi connectivity index (χ4v) is 4.47. The number of amides is 2. The molecule has 0 spiro atoms. The minimum atomic E-state index is -1.04. The lowest BCUT2D eigenvalue weighted by Gasteiger charge is -2.33. The highest BCUT2D eigenvalue weighted by Gasteiger charge is 2.37. The number of hydrogen-bond donors (Lipinski definition) is 1. The van der Waals surface area contributed by atoms with Crippen molar-refractivity contribution in [2.75, 3.05) is 19.1 Å². The van der Waals surface area contributed by atoms with Gasteiger partial charge in [0.05, 0.1) is 26.1 Å². The fraction of sp³-hybridized carbons (Fsp3) is 0.333. The molecule has 0 saturated heterocycles. The summed E-state index contributed by atoms with van der Waals surface area (Å²) in [5, 5.41) is 3.19. The molecule has 1 N–H and O–H groups in total. The lowest BCUT2D eigenvalue weighted by Crippen LogP contribution is -2.47. The Morgan fingerprint density at radius 1 is 1.00 bits per heavy atom. The van der Waals surface area contributed by atoms with Crippen LogP contribution in [0, 0.1) is 0 Å². The van der Waals surface area contributed by atoms with Crippen molar-refractivity contribution in [1.82, 2.24) is 15.3 Å². The first-order valence-corrected chi connectivity index (χ1v) is 11.8. The number of anilines is 1. The van der Waals surface area contributed by atoms with Crippen LogP contribution in [0.25, 0.3) is 0 Å². The Kier molecular flexibility index (Phi) is 7.92. The van der Waals surface area contributed by atoms with Gasteiger partial charge < -0.3 is 14.8 Å². The van der Waals surface area contributed by atoms with E-state index in [4.69, 9.17) is 9.47 Å². The number of carbonyl (C=O) groups excluding carboxylic acids is 2. The van der Waals surface area contributed by atoms with Crippen LogP contribution >= 0.6 is 0 Å². The van der Waals surface area contributed by atoms with E-state index in [1.165, 1.54) is 18.4 Å².